The highest BCUT2D eigenvalue weighted by Gasteiger charge is 2.44. The van der Waals surface area contributed by atoms with Crippen molar-refractivity contribution in [3.05, 3.63) is 88.6 Å². The summed E-state index contributed by atoms with van der Waals surface area (Å²) in [5.74, 6) is -0.277. The number of nitrogens with zero attached hydrogens (tertiary/aromatic N) is 2. The number of fused-ring (bicyclic) bond motifs is 2. The topological polar surface area (TPSA) is 138 Å². The molecule has 3 heterocycles. The van der Waals surface area contributed by atoms with Crippen LogP contribution in [0.5, 0.6) is 0 Å². The molecular formula is C33H39N5O5S. The molecular weight excluding hydrogens is 578 g/mol. The van der Waals surface area contributed by atoms with Gasteiger partial charge in [-0.05, 0) is 72.3 Å². The van der Waals surface area contributed by atoms with Gasteiger partial charge >= 0.3 is 0 Å². The quantitative estimate of drug-likeness (QED) is 0.335. The number of anilines is 2. The minimum atomic E-state index is -3.18. The second kappa shape index (κ2) is 13.3. The summed E-state index contributed by atoms with van der Waals surface area (Å²) >= 11 is 0. The van der Waals surface area contributed by atoms with Crippen LogP contribution in [-0.2, 0) is 50.2 Å². The molecule has 0 spiro atoms. The predicted octanol–water partition coefficient (Wildman–Crippen LogP) is 3.46. The minimum Gasteiger partial charge on any atom is -0.329 e. The van der Waals surface area contributed by atoms with Crippen LogP contribution in [0, 0.1) is 5.41 Å². The molecule has 2 aliphatic rings. The van der Waals surface area contributed by atoms with Gasteiger partial charge in [-0.1, -0.05) is 43.3 Å². The standard InChI is InChI=1S/C33H39N5O5S/c1-3-33(12-15-44(42,43)16-13-33)32(41)38(21-26-8-5-4-7-25(26)20-34-2)22-30(40)36-28-11-10-23-17-24-9-6-14-35-31(24)37-29(39)19-27(23)18-28/h4-11,14,18,34H,3,12-13,15-17,19-22H2,1-2H3,(H,36,40)(H,35,37,39). The largest absolute Gasteiger partial charge is 0.329 e. The maximum Gasteiger partial charge on any atom is 0.244 e. The highest BCUT2D eigenvalue weighted by Crippen LogP contribution is 2.38. The molecule has 1 aromatic heterocycles. The fourth-order valence-corrected chi connectivity index (χ4v) is 7.73. The van der Waals surface area contributed by atoms with E-state index in [1.807, 2.05) is 62.5 Å². The number of pyridine rings is 1. The van der Waals surface area contributed by atoms with E-state index in [9.17, 15) is 22.8 Å². The Hall–Kier alpha value is -4.09. The Morgan fingerprint density at radius 3 is 2.45 bits per heavy atom. The van der Waals surface area contributed by atoms with Gasteiger partial charge in [0.1, 0.15) is 22.2 Å². The van der Waals surface area contributed by atoms with Crippen molar-refractivity contribution in [3.63, 3.8) is 0 Å². The first-order valence-corrected chi connectivity index (χ1v) is 16.8. The molecule has 1 saturated heterocycles. The van der Waals surface area contributed by atoms with E-state index in [1.165, 1.54) is 0 Å². The van der Waals surface area contributed by atoms with Crippen molar-refractivity contribution in [2.45, 2.75) is 52.1 Å². The summed E-state index contributed by atoms with van der Waals surface area (Å²) < 4.78 is 24.5. The first-order valence-electron chi connectivity index (χ1n) is 15.0. The molecule has 0 unspecified atom stereocenters. The van der Waals surface area contributed by atoms with E-state index in [2.05, 4.69) is 20.9 Å². The van der Waals surface area contributed by atoms with Crippen LogP contribution in [0.4, 0.5) is 11.5 Å². The molecule has 10 nitrogen and oxygen atoms in total. The number of aromatic nitrogens is 1. The van der Waals surface area contributed by atoms with Gasteiger partial charge in [0.15, 0.2) is 0 Å². The molecule has 3 amide bonds. The summed E-state index contributed by atoms with van der Waals surface area (Å²) in [6.45, 7) is 2.53. The Labute approximate surface area is 258 Å². The monoisotopic (exact) mass is 617 g/mol. The molecule has 2 aromatic carbocycles. The highest BCUT2D eigenvalue weighted by molar-refractivity contribution is 7.91. The zero-order chi connectivity index (χ0) is 31.3. The smallest absolute Gasteiger partial charge is 0.244 e. The summed E-state index contributed by atoms with van der Waals surface area (Å²) in [4.78, 5) is 46.3. The van der Waals surface area contributed by atoms with E-state index in [0.29, 0.717) is 30.9 Å². The number of benzene rings is 2. The third-order valence-corrected chi connectivity index (χ3v) is 10.4. The first kappa shape index (κ1) is 31.3. The summed E-state index contributed by atoms with van der Waals surface area (Å²) in [7, 11) is -1.33. The van der Waals surface area contributed by atoms with Crippen molar-refractivity contribution in [1.29, 1.82) is 0 Å². The Morgan fingerprint density at radius 2 is 1.73 bits per heavy atom. The minimum absolute atomic E-state index is 0.0355. The maximum atomic E-state index is 14.2. The third kappa shape index (κ3) is 7.16. The van der Waals surface area contributed by atoms with Crippen molar-refractivity contribution in [2.75, 3.05) is 35.7 Å². The number of rotatable bonds is 9. The Kier molecular flexibility index (Phi) is 9.45. The summed E-state index contributed by atoms with van der Waals surface area (Å²) in [5, 5.41) is 8.95. The number of carbonyl (C=O) groups is 3. The van der Waals surface area contributed by atoms with E-state index in [0.717, 1.165) is 27.8 Å². The van der Waals surface area contributed by atoms with Gasteiger partial charge in [-0.3, -0.25) is 14.4 Å². The molecule has 3 aromatic rings. The van der Waals surface area contributed by atoms with Gasteiger partial charge in [-0.25, -0.2) is 13.4 Å². The average Bonchev–Trinajstić information content (AvgIpc) is 2.99. The number of amides is 3. The number of carbonyl (C=O) groups excluding carboxylic acids is 3. The van der Waals surface area contributed by atoms with Crippen LogP contribution < -0.4 is 16.0 Å². The molecule has 2 aliphatic heterocycles. The van der Waals surface area contributed by atoms with Crippen LogP contribution >= 0.6 is 0 Å². The van der Waals surface area contributed by atoms with Gasteiger partial charge in [0.05, 0.1) is 23.3 Å². The lowest BCUT2D eigenvalue weighted by atomic mass is 9.78. The van der Waals surface area contributed by atoms with Crippen molar-refractivity contribution >= 4 is 39.1 Å². The van der Waals surface area contributed by atoms with Gasteiger partial charge in [0.25, 0.3) is 0 Å². The van der Waals surface area contributed by atoms with Crippen molar-refractivity contribution in [1.82, 2.24) is 15.2 Å². The van der Waals surface area contributed by atoms with Gasteiger partial charge in [-0.2, -0.15) is 0 Å². The van der Waals surface area contributed by atoms with Crippen LogP contribution in [0.1, 0.15) is 54.0 Å². The molecule has 44 heavy (non-hydrogen) atoms. The fourth-order valence-electron chi connectivity index (χ4n) is 6.13. The van der Waals surface area contributed by atoms with Crippen LogP contribution in [0.15, 0.2) is 60.8 Å². The fraction of sp³-hybridized carbons (Fsp3) is 0.394. The molecule has 1 fully saturated rings. The SMILES string of the molecule is CCC1(C(=O)N(CC(=O)Nc2ccc3c(c2)CC(=O)Nc2ncccc2C3)Cc2ccccc2CNC)CCS(=O)(=O)CC1. The Morgan fingerprint density at radius 1 is 0.977 bits per heavy atom. The number of nitrogens with one attached hydrogen (secondary N) is 3. The zero-order valence-corrected chi connectivity index (χ0v) is 26.0. The lowest BCUT2D eigenvalue weighted by Gasteiger charge is -2.39. The van der Waals surface area contributed by atoms with Gasteiger partial charge in [-0.15, -0.1) is 0 Å². The van der Waals surface area contributed by atoms with Gasteiger partial charge in [0, 0.05) is 31.4 Å². The summed E-state index contributed by atoms with van der Waals surface area (Å²) in [6.07, 6.45) is 3.36. The molecule has 5 rings (SSSR count). The summed E-state index contributed by atoms with van der Waals surface area (Å²) in [6, 6.07) is 17.1. The van der Waals surface area contributed by atoms with Gasteiger partial charge in [0.2, 0.25) is 17.7 Å². The van der Waals surface area contributed by atoms with E-state index >= 15 is 0 Å². The van der Waals surface area contributed by atoms with E-state index in [4.69, 9.17) is 0 Å². The highest BCUT2D eigenvalue weighted by atomic mass is 32.2. The molecule has 0 aliphatic carbocycles. The number of hydrogen-bond donors (Lipinski definition) is 3. The van der Waals surface area contributed by atoms with Crippen molar-refractivity contribution in [3.8, 4) is 0 Å². The first-order chi connectivity index (χ1) is 21.1. The second-order valence-corrected chi connectivity index (χ2v) is 14.0. The Balaban J connectivity index is 1.38. The van der Waals surface area contributed by atoms with Crippen LogP contribution in [0.25, 0.3) is 0 Å². The maximum absolute atomic E-state index is 14.2. The van der Waals surface area contributed by atoms with Crippen LogP contribution in [0.2, 0.25) is 0 Å². The number of hydrogen-bond acceptors (Lipinski definition) is 7. The molecule has 0 radical (unpaired) electrons. The summed E-state index contributed by atoms with van der Waals surface area (Å²) in [5.41, 5.74) is 4.31. The van der Waals surface area contributed by atoms with Crippen LogP contribution in [0.3, 0.4) is 0 Å². The van der Waals surface area contributed by atoms with Crippen LogP contribution in [-0.4, -0.2) is 61.1 Å². The van der Waals surface area contributed by atoms with Crippen molar-refractivity contribution in [2.24, 2.45) is 5.41 Å². The second-order valence-electron chi connectivity index (χ2n) is 11.7. The Bertz CT molecular complexity index is 1660. The number of sulfone groups is 1. The lowest BCUT2D eigenvalue weighted by molar-refractivity contribution is -0.145. The molecule has 11 heteroatoms. The third-order valence-electron chi connectivity index (χ3n) is 8.75. The zero-order valence-electron chi connectivity index (χ0n) is 25.2. The molecule has 0 bridgehead atoms. The average molecular weight is 618 g/mol. The van der Waals surface area contributed by atoms with E-state index in [1.54, 1.807) is 17.2 Å². The van der Waals surface area contributed by atoms with Crippen molar-refractivity contribution < 1.29 is 22.8 Å². The molecule has 0 saturated carbocycles. The molecule has 3 N–H and O–H groups in total. The van der Waals surface area contributed by atoms with E-state index in [-0.39, 0.29) is 61.6 Å². The molecule has 0 atom stereocenters. The lowest BCUT2D eigenvalue weighted by Crippen LogP contribution is -2.49. The predicted molar refractivity (Wildman–Crippen MR) is 170 cm³/mol. The normalized spacial score (nSPS) is 16.8. The van der Waals surface area contributed by atoms with E-state index < -0.39 is 15.3 Å². The van der Waals surface area contributed by atoms with Gasteiger partial charge < -0.3 is 20.9 Å². The molecule has 232 valence electrons.